The maximum absolute atomic E-state index is 11.8. The number of rotatable bonds is 8. The van der Waals surface area contributed by atoms with Crippen molar-refractivity contribution in [2.45, 2.75) is 33.6 Å². The maximum atomic E-state index is 11.8. The number of carbonyl (C=O) groups is 1. The van der Waals surface area contributed by atoms with Crippen LogP contribution in [0.4, 0.5) is 0 Å². The molecule has 0 aliphatic carbocycles. The molecule has 0 aromatic carbocycles. The van der Waals surface area contributed by atoms with Crippen LogP contribution >= 0.6 is 0 Å². The topological polar surface area (TPSA) is 53.3 Å². The summed E-state index contributed by atoms with van der Waals surface area (Å²) in [6, 6.07) is 2.07. The molecule has 0 atom stereocenters. The lowest BCUT2D eigenvalue weighted by Gasteiger charge is -2.23. The third-order valence-corrected chi connectivity index (χ3v) is 2.10. The highest BCUT2D eigenvalue weighted by Crippen LogP contribution is 2.03. The third-order valence-electron chi connectivity index (χ3n) is 2.10. The molecule has 0 N–H and O–H groups in total. The van der Waals surface area contributed by atoms with E-state index < -0.39 is 0 Å². The van der Waals surface area contributed by atoms with Gasteiger partial charge in [0.1, 0.15) is 0 Å². The van der Waals surface area contributed by atoms with Gasteiger partial charge >= 0.3 is 0 Å². The number of nitrogens with zero attached hydrogens (tertiary/aromatic N) is 2. The van der Waals surface area contributed by atoms with Crippen LogP contribution in [0.5, 0.6) is 0 Å². The highest BCUT2D eigenvalue weighted by Gasteiger charge is 2.13. The molecule has 0 radical (unpaired) electrons. The number of hydrogen-bond acceptors (Lipinski definition) is 3. The number of carbonyl (C=O) groups excluding carboxylic acids is 1. The van der Waals surface area contributed by atoms with Crippen molar-refractivity contribution in [1.82, 2.24) is 4.90 Å². The molecule has 0 aliphatic rings. The number of amides is 1. The van der Waals surface area contributed by atoms with Gasteiger partial charge in [-0.25, -0.2) is 0 Å². The normalized spacial score (nSPS) is 10.2. The van der Waals surface area contributed by atoms with Gasteiger partial charge in [-0.1, -0.05) is 13.8 Å². The molecule has 0 aliphatic heterocycles. The van der Waals surface area contributed by atoms with Crippen LogP contribution < -0.4 is 0 Å². The minimum atomic E-state index is 0.0809. The van der Waals surface area contributed by atoms with E-state index in [1.165, 1.54) is 0 Å². The molecule has 0 heterocycles. The smallest absolute Gasteiger partial charge is 0.224 e. The first-order chi connectivity index (χ1) is 7.61. The van der Waals surface area contributed by atoms with Crippen molar-refractivity contribution in [2.75, 3.05) is 26.3 Å². The molecule has 0 saturated heterocycles. The van der Waals surface area contributed by atoms with Crippen LogP contribution in [0, 0.1) is 17.2 Å². The molecule has 0 aromatic heterocycles. The molecular formula is C12H22N2O2. The van der Waals surface area contributed by atoms with E-state index in [0.29, 0.717) is 45.1 Å². The number of ether oxygens (including phenoxy) is 1. The second-order valence-corrected chi connectivity index (χ2v) is 4.09. The summed E-state index contributed by atoms with van der Waals surface area (Å²) in [5.74, 6) is 0.507. The van der Waals surface area contributed by atoms with Crippen LogP contribution in [-0.2, 0) is 9.53 Å². The summed E-state index contributed by atoms with van der Waals surface area (Å²) in [5.41, 5.74) is 0. The molecule has 0 fully saturated rings. The first kappa shape index (κ1) is 14.9. The molecule has 0 unspecified atom stereocenters. The van der Waals surface area contributed by atoms with Crippen LogP contribution in [0.15, 0.2) is 0 Å². The zero-order valence-corrected chi connectivity index (χ0v) is 10.5. The summed E-state index contributed by atoms with van der Waals surface area (Å²) in [5, 5.41) is 8.53. The molecule has 0 bridgehead atoms. The quantitative estimate of drug-likeness (QED) is 0.593. The van der Waals surface area contributed by atoms with E-state index in [1.807, 2.05) is 6.92 Å². The van der Waals surface area contributed by atoms with E-state index in [0.717, 1.165) is 0 Å². The summed E-state index contributed by atoms with van der Waals surface area (Å²) in [6.45, 7) is 8.38. The SMILES string of the molecule is CCOCCC(=O)N(CCC#N)CC(C)C. The zero-order valence-electron chi connectivity index (χ0n) is 10.5. The fourth-order valence-corrected chi connectivity index (χ4v) is 1.41. The molecular weight excluding hydrogens is 204 g/mol. The standard InChI is InChI=1S/C12H22N2O2/c1-4-16-9-6-12(15)14(8-5-7-13)10-11(2)3/h11H,4-6,8-10H2,1-3H3. The molecule has 0 aromatic rings. The first-order valence-corrected chi connectivity index (χ1v) is 5.84. The Kier molecular flexibility index (Phi) is 8.55. The van der Waals surface area contributed by atoms with Gasteiger partial charge in [-0.3, -0.25) is 4.79 Å². The van der Waals surface area contributed by atoms with Gasteiger partial charge in [-0.15, -0.1) is 0 Å². The van der Waals surface area contributed by atoms with Crippen molar-refractivity contribution >= 4 is 5.91 Å². The molecule has 0 spiro atoms. The fraction of sp³-hybridized carbons (Fsp3) is 0.833. The Bertz CT molecular complexity index is 234. The zero-order chi connectivity index (χ0) is 12.4. The van der Waals surface area contributed by atoms with Crippen molar-refractivity contribution in [3.8, 4) is 6.07 Å². The molecule has 92 valence electrons. The lowest BCUT2D eigenvalue weighted by Crippen LogP contribution is -2.35. The molecule has 1 amide bonds. The predicted molar refractivity (Wildman–Crippen MR) is 62.8 cm³/mol. The highest BCUT2D eigenvalue weighted by atomic mass is 16.5. The van der Waals surface area contributed by atoms with Crippen molar-refractivity contribution in [2.24, 2.45) is 5.92 Å². The Morgan fingerprint density at radius 3 is 2.69 bits per heavy atom. The van der Waals surface area contributed by atoms with Crippen molar-refractivity contribution in [3.05, 3.63) is 0 Å². The number of hydrogen-bond donors (Lipinski definition) is 0. The average Bonchev–Trinajstić information content (AvgIpc) is 2.23. The monoisotopic (exact) mass is 226 g/mol. The van der Waals surface area contributed by atoms with Gasteiger partial charge in [-0.05, 0) is 12.8 Å². The fourth-order valence-electron chi connectivity index (χ4n) is 1.41. The number of nitriles is 1. The molecule has 4 nitrogen and oxygen atoms in total. The second kappa shape index (κ2) is 9.17. The van der Waals surface area contributed by atoms with Gasteiger partial charge in [-0.2, -0.15) is 5.26 Å². The predicted octanol–water partition coefficient (Wildman–Crippen LogP) is 1.81. The minimum Gasteiger partial charge on any atom is -0.381 e. The summed E-state index contributed by atoms with van der Waals surface area (Å²) in [6.07, 6.45) is 0.805. The maximum Gasteiger partial charge on any atom is 0.224 e. The molecule has 4 heteroatoms. The summed E-state index contributed by atoms with van der Waals surface area (Å²) >= 11 is 0. The Balaban J connectivity index is 4.05. The van der Waals surface area contributed by atoms with E-state index in [2.05, 4.69) is 19.9 Å². The van der Waals surface area contributed by atoms with Crippen LogP contribution in [0.3, 0.4) is 0 Å². The van der Waals surface area contributed by atoms with E-state index in [1.54, 1.807) is 4.90 Å². The Labute approximate surface area is 98.2 Å². The summed E-state index contributed by atoms with van der Waals surface area (Å²) in [7, 11) is 0. The van der Waals surface area contributed by atoms with Gasteiger partial charge in [0.2, 0.25) is 5.91 Å². The molecule has 0 saturated carbocycles. The van der Waals surface area contributed by atoms with Crippen LogP contribution in [0.1, 0.15) is 33.6 Å². The van der Waals surface area contributed by atoms with Crippen LogP contribution in [0.2, 0.25) is 0 Å². The third kappa shape index (κ3) is 7.24. The Hall–Kier alpha value is -1.08. The Morgan fingerprint density at radius 2 is 2.19 bits per heavy atom. The van der Waals surface area contributed by atoms with Gasteiger partial charge in [0, 0.05) is 19.7 Å². The van der Waals surface area contributed by atoms with E-state index in [-0.39, 0.29) is 5.91 Å². The van der Waals surface area contributed by atoms with Gasteiger partial charge in [0.25, 0.3) is 0 Å². The van der Waals surface area contributed by atoms with Crippen molar-refractivity contribution < 1.29 is 9.53 Å². The minimum absolute atomic E-state index is 0.0809. The van der Waals surface area contributed by atoms with Gasteiger partial charge < -0.3 is 9.64 Å². The largest absolute Gasteiger partial charge is 0.381 e. The lowest BCUT2D eigenvalue weighted by molar-refractivity contribution is -0.132. The summed E-state index contributed by atoms with van der Waals surface area (Å²) in [4.78, 5) is 13.6. The summed E-state index contributed by atoms with van der Waals surface area (Å²) < 4.78 is 5.15. The van der Waals surface area contributed by atoms with E-state index in [9.17, 15) is 4.79 Å². The second-order valence-electron chi connectivity index (χ2n) is 4.09. The molecule has 0 rings (SSSR count). The van der Waals surface area contributed by atoms with Gasteiger partial charge in [0.15, 0.2) is 0 Å². The lowest BCUT2D eigenvalue weighted by atomic mass is 10.2. The van der Waals surface area contributed by atoms with Crippen molar-refractivity contribution in [3.63, 3.8) is 0 Å². The average molecular weight is 226 g/mol. The van der Waals surface area contributed by atoms with Gasteiger partial charge in [0.05, 0.1) is 25.5 Å². The van der Waals surface area contributed by atoms with E-state index >= 15 is 0 Å². The van der Waals surface area contributed by atoms with Crippen molar-refractivity contribution in [1.29, 1.82) is 5.26 Å². The van der Waals surface area contributed by atoms with Crippen LogP contribution in [0.25, 0.3) is 0 Å². The van der Waals surface area contributed by atoms with E-state index in [4.69, 9.17) is 10.00 Å². The highest BCUT2D eigenvalue weighted by molar-refractivity contribution is 5.76. The van der Waals surface area contributed by atoms with Crippen LogP contribution in [-0.4, -0.2) is 37.1 Å². The first-order valence-electron chi connectivity index (χ1n) is 5.84. The molecule has 16 heavy (non-hydrogen) atoms. The Morgan fingerprint density at radius 1 is 1.50 bits per heavy atom.